The van der Waals surface area contributed by atoms with Crippen molar-refractivity contribution in [2.45, 2.75) is 211 Å². The first kappa shape index (κ1) is 54.9. The summed E-state index contributed by atoms with van der Waals surface area (Å²) in [5.74, 6) is 6.71. The quantitative estimate of drug-likeness (QED) is 0.167. The summed E-state index contributed by atoms with van der Waals surface area (Å²) in [7, 11) is 6.93. The summed E-state index contributed by atoms with van der Waals surface area (Å²) >= 11 is 0. The molecule has 360 valence electrons. The van der Waals surface area contributed by atoms with Gasteiger partial charge in [-0.1, -0.05) is 112 Å². The minimum atomic E-state index is 0.112. The Morgan fingerprint density at radius 2 is 1.55 bits per heavy atom. The van der Waals surface area contributed by atoms with E-state index in [1.54, 1.807) is 0 Å². The smallest absolute Gasteiger partial charge is 0.220 e. The molecule has 0 spiro atoms. The van der Waals surface area contributed by atoms with Crippen LogP contribution in [0.3, 0.4) is 0 Å². The van der Waals surface area contributed by atoms with Gasteiger partial charge in [0.05, 0.1) is 12.2 Å². The van der Waals surface area contributed by atoms with Gasteiger partial charge in [-0.3, -0.25) is 4.79 Å². The van der Waals surface area contributed by atoms with Crippen LogP contribution >= 0.6 is 0 Å². The normalized spacial score (nSPS) is 39.5. The van der Waals surface area contributed by atoms with Gasteiger partial charge in [0.15, 0.2) is 0 Å². The second kappa shape index (κ2) is 24.4. The molecule has 0 aromatic rings. The largest absolute Gasteiger partial charge is 0.375 e. The molecule has 16 atom stereocenters. The van der Waals surface area contributed by atoms with Crippen LogP contribution in [-0.4, -0.2) is 74.2 Å². The fraction of sp³-hybridized carbons (Fsp3) is 0.877. The summed E-state index contributed by atoms with van der Waals surface area (Å²) in [6.07, 6.45) is 15.4. The van der Waals surface area contributed by atoms with Crippen molar-refractivity contribution in [3.63, 3.8) is 0 Å². The number of hydrogen-bond donors (Lipinski definition) is 1. The number of ether oxygens (including phenoxy) is 1. The molecule has 0 aromatic carbocycles. The van der Waals surface area contributed by atoms with Gasteiger partial charge in [-0.25, -0.2) is 0 Å². The maximum absolute atomic E-state index is 12.7. The monoisotopic (exact) mass is 864 g/mol. The molecule has 0 bridgehead atoms. The highest BCUT2D eigenvalue weighted by Crippen LogP contribution is 2.54. The Morgan fingerprint density at radius 1 is 0.887 bits per heavy atom. The Bertz CT molecular complexity index is 1420. The number of nitrogens with one attached hydrogen (secondary N) is 1. The van der Waals surface area contributed by atoms with Gasteiger partial charge in [-0.05, 0) is 189 Å². The third-order valence-electron chi connectivity index (χ3n) is 18.6. The first-order valence-corrected chi connectivity index (χ1v) is 26.1. The first-order valence-electron chi connectivity index (χ1n) is 26.1. The second-order valence-corrected chi connectivity index (χ2v) is 24.3. The molecule has 2 saturated heterocycles. The molecule has 0 aromatic heterocycles. The van der Waals surface area contributed by atoms with E-state index in [-0.39, 0.29) is 23.5 Å². The standard InChI is InChI=1S/C57H105N3O2/c1-21-57(17)35-49(30-42(8)47(57)13)32-50-45(11)41(7)26-25-40(6)44(10)48(14)60(20)36-39(5)34-56(15,16)52(46(50)12)33-54-51(53(59(18)19)31-43(9)62-54)29-38(4)27-28-58-55(61)24-22-23-37(2)3/h39-40,42-54H,2,4,7,21-36H2,1,3,5-6,8-20H3,(H,58,61)/t39-,40?,42-,43?,44?,45?,46+,47?,48?,49?,50-,51-,52-,53?,54?,57-/m1/s1. The zero-order valence-corrected chi connectivity index (χ0v) is 44.3. The molecule has 2 heterocycles. The first-order chi connectivity index (χ1) is 28.8. The predicted molar refractivity (Wildman–Crippen MR) is 270 cm³/mol. The van der Waals surface area contributed by atoms with E-state index in [2.05, 4.69) is 139 Å². The molecule has 62 heavy (non-hydrogen) atoms. The van der Waals surface area contributed by atoms with E-state index in [9.17, 15) is 4.79 Å². The molecule has 0 radical (unpaired) electrons. The molecule has 3 aliphatic rings. The van der Waals surface area contributed by atoms with Crippen molar-refractivity contribution in [1.29, 1.82) is 0 Å². The number of hydrogen-bond acceptors (Lipinski definition) is 4. The minimum absolute atomic E-state index is 0.112. The van der Waals surface area contributed by atoms with Crippen LogP contribution in [-0.2, 0) is 9.53 Å². The van der Waals surface area contributed by atoms with Crippen molar-refractivity contribution in [3.8, 4) is 0 Å². The Labute approximate surface area is 386 Å². The van der Waals surface area contributed by atoms with Crippen LogP contribution in [0, 0.1) is 75.9 Å². The zero-order valence-electron chi connectivity index (χ0n) is 44.3. The second-order valence-electron chi connectivity index (χ2n) is 24.3. The number of carbonyl (C=O) groups is 1. The third kappa shape index (κ3) is 15.3. The highest BCUT2D eigenvalue weighted by atomic mass is 16.5. The molecule has 5 heteroatoms. The summed E-state index contributed by atoms with van der Waals surface area (Å²) in [5, 5.41) is 3.20. The molecular weight excluding hydrogens is 759 g/mol. The van der Waals surface area contributed by atoms with Gasteiger partial charge >= 0.3 is 0 Å². The summed E-state index contributed by atoms with van der Waals surface area (Å²) < 4.78 is 7.27. The average Bonchev–Trinajstić information content (AvgIpc) is 3.18. The number of carbonyl (C=O) groups excluding carboxylic acids is 1. The molecule has 1 saturated carbocycles. The van der Waals surface area contributed by atoms with Crippen LogP contribution in [0.1, 0.15) is 187 Å². The van der Waals surface area contributed by atoms with Gasteiger partial charge in [0, 0.05) is 37.5 Å². The number of nitrogens with zero attached hydrogens (tertiary/aromatic N) is 2. The summed E-state index contributed by atoms with van der Waals surface area (Å²) in [6.45, 7) is 50.5. The molecular formula is C57H105N3O2. The lowest BCUT2D eigenvalue weighted by atomic mass is 9.55. The lowest BCUT2D eigenvalue weighted by molar-refractivity contribution is -0.127. The molecule has 3 rings (SSSR count). The fourth-order valence-electron chi connectivity index (χ4n) is 13.7. The SMILES string of the molecule is C=C(C)CCCC(=O)NCCC(=C)C[C@H]1C(C[C@@H]2[C@@H](C)[C@H](CC3C[C@@H](C)C(C)[C@](C)(CC)C3)C(C)C(=C)CCC(C)C(C)C(C)N(C)C[C@H](C)CC2(C)C)OC(C)CC1N(C)C. The van der Waals surface area contributed by atoms with Crippen LogP contribution in [0.25, 0.3) is 0 Å². The van der Waals surface area contributed by atoms with Gasteiger partial charge in [0.2, 0.25) is 5.91 Å². The Balaban J connectivity index is 2.07. The fourth-order valence-corrected chi connectivity index (χ4v) is 13.7. The molecule has 2 aliphatic heterocycles. The summed E-state index contributed by atoms with van der Waals surface area (Å²) in [6, 6.07) is 0.962. The molecule has 3 fully saturated rings. The number of rotatable bonds is 15. The third-order valence-corrected chi connectivity index (χ3v) is 18.6. The number of allylic oxidation sites excluding steroid dienone is 2. The molecule has 9 unspecified atom stereocenters. The van der Waals surface area contributed by atoms with Crippen LogP contribution in [0.5, 0.6) is 0 Å². The van der Waals surface area contributed by atoms with Gasteiger partial charge in [0.1, 0.15) is 0 Å². The van der Waals surface area contributed by atoms with E-state index in [0.717, 1.165) is 74.8 Å². The molecule has 1 aliphatic carbocycles. The van der Waals surface area contributed by atoms with Crippen molar-refractivity contribution in [1.82, 2.24) is 15.1 Å². The van der Waals surface area contributed by atoms with Gasteiger partial charge in [0.25, 0.3) is 0 Å². The Hall–Kier alpha value is -1.43. The van der Waals surface area contributed by atoms with Crippen molar-refractivity contribution >= 4 is 5.91 Å². The Morgan fingerprint density at radius 3 is 2.16 bits per heavy atom. The lowest BCUT2D eigenvalue weighted by Gasteiger charge is -2.51. The predicted octanol–water partition coefficient (Wildman–Crippen LogP) is 14.3. The van der Waals surface area contributed by atoms with Crippen molar-refractivity contribution < 1.29 is 9.53 Å². The van der Waals surface area contributed by atoms with Gasteiger partial charge < -0.3 is 19.9 Å². The highest BCUT2D eigenvalue weighted by Gasteiger charge is 2.48. The van der Waals surface area contributed by atoms with E-state index in [1.165, 1.54) is 49.7 Å². The van der Waals surface area contributed by atoms with Crippen molar-refractivity contribution in [3.05, 3.63) is 36.5 Å². The van der Waals surface area contributed by atoms with Crippen LogP contribution in [0.2, 0.25) is 0 Å². The van der Waals surface area contributed by atoms with E-state index in [1.807, 2.05) is 6.92 Å². The number of amides is 1. The lowest BCUT2D eigenvalue weighted by Crippen LogP contribution is -2.51. The minimum Gasteiger partial charge on any atom is -0.375 e. The van der Waals surface area contributed by atoms with Crippen LogP contribution in [0.15, 0.2) is 36.5 Å². The van der Waals surface area contributed by atoms with E-state index in [4.69, 9.17) is 11.3 Å². The molecule has 1 N–H and O–H groups in total. The summed E-state index contributed by atoms with van der Waals surface area (Å²) in [4.78, 5) is 17.8. The van der Waals surface area contributed by atoms with E-state index >= 15 is 0 Å². The van der Waals surface area contributed by atoms with Gasteiger partial charge in [-0.2, -0.15) is 0 Å². The van der Waals surface area contributed by atoms with Gasteiger partial charge in [-0.15, -0.1) is 6.58 Å². The van der Waals surface area contributed by atoms with Crippen LogP contribution in [0.4, 0.5) is 0 Å². The zero-order chi connectivity index (χ0) is 46.9. The maximum atomic E-state index is 12.7. The van der Waals surface area contributed by atoms with Crippen molar-refractivity contribution in [2.75, 3.05) is 34.2 Å². The van der Waals surface area contributed by atoms with Crippen molar-refractivity contribution in [2.24, 2.45) is 75.9 Å². The van der Waals surface area contributed by atoms with Crippen LogP contribution < -0.4 is 5.32 Å². The summed E-state index contributed by atoms with van der Waals surface area (Å²) in [5.41, 5.74) is 4.38. The molecule has 5 nitrogen and oxygen atoms in total. The maximum Gasteiger partial charge on any atom is 0.220 e. The van der Waals surface area contributed by atoms with E-state index < -0.39 is 0 Å². The average molecular weight is 864 g/mol. The highest BCUT2D eigenvalue weighted by molar-refractivity contribution is 5.75. The molecule has 1 amide bonds. The topological polar surface area (TPSA) is 44.8 Å². The van der Waals surface area contributed by atoms with E-state index in [0.29, 0.717) is 77.8 Å². The Kier molecular flexibility index (Phi) is 21.6.